The average Bonchev–Trinajstić information content (AvgIpc) is 2.72. The van der Waals surface area contributed by atoms with Crippen LogP contribution in [0.4, 0.5) is 17.1 Å². The number of anilines is 2. The Bertz CT molecular complexity index is 902. The zero-order chi connectivity index (χ0) is 18.4. The van der Waals surface area contributed by atoms with Crippen molar-refractivity contribution in [2.24, 2.45) is 0 Å². The molecule has 0 aliphatic heterocycles. The van der Waals surface area contributed by atoms with Crippen LogP contribution in [0.3, 0.4) is 0 Å². The standard InChI is InChI=1S/C21H12N2O3/c24-13-16-7-1-4-10-19(16)22-23(20-11-5-2-8-17(20)14-25)21-12-6-3-9-18(21)15-26/h1-12H. The summed E-state index contributed by atoms with van der Waals surface area (Å²) < 4.78 is 0. The third-order valence-corrected chi connectivity index (χ3v) is 3.71. The molecule has 0 aliphatic carbocycles. The lowest BCUT2D eigenvalue weighted by Crippen LogP contribution is -2.26. The largest absolute Gasteiger partial charge is 0.285 e. The summed E-state index contributed by atoms with van der Waals surface area (Å²) >= 11 is 0. The first-order chi connectivity index (χ1) is 12.8. The van der Waals surface area contributed by atoms with E-state index in [0.29, 0.717) is 17.1 Å². The van der Waals surface area contributed by atoms with Gasteiger partial charge in [-0.1, -0.05) is 36.4 Å². The van der Waals surface area contributed by atoms with Gasteiger partial charge in [0.05, 0.1) is 33.8 Å². The number of carbonyl (C=O) groups excluding carboxylic acids is 3. The van der Waals surface area contributed by atoms with E-state index in [1.165, 1.54) is 5.01 Å². The van der Waals surface area contributed by atoms with E-state index in [2.05, 4.69) is 5.43 Å². The van der Waals surface area contributed by atoms with Gasteiger partial charge in [0.25, 0.3) is 0 Å². The number of para-hydroxylation sites is 2. The molecule has 3 rings (SSSR count). The van der Waals surface area contributed by atoms with Crippen LogP contribution in [-0.2, 0) is 14.4 Å². The minimum atomic E-state index is 0.262. The normalized spacial score (nSPS) is 10.0. The van der Waals surface area contributed by atoms with Gasteiger partial charge in [0.1, 0.15) is 0 Å². The molecule has 0 unspecified atom stereocenters. The van der Waals surface area contributed by atoms with Crippen LogP contribution in [0.25, 0.3) is 0 Å². The van der Waals surface area contributed by atoms with Crippen LogP contribution in [0.5, 0.6) is 0 Å². The van der Waals surface area contributed by atoms with E-state index in [4.69, 9.17) is 0 Å². The molecule has 0 fully saturated rings. The highest BCUT2D eigenvalue weighted by Crippen LogP contribution is 2.31. The quantitative estimate of drug-likeness (QED) is 0.620. The van der Waals surface area contributed by atoms with E-state index < -0.39 is 0 Å². The highest BCUT2D eigenvalue weighted by molar-refractivity contribution is 5.92. The first-order valence-corrected chi connectivity index (χ1v) is 7.72. The molecular formula is C21H12N2O3. The molecule has 124 valence electrons. The van der Waals surface area contributed by atoms with E-state index >= 15 is 0 Å². The van der Waals surface area contributed by atoms with Crippen LogP contribution >= 0.6 is 0 Å². The lowest BCUT2D eigenvalue weighted by molar-refractivity contribution is 0.561. The Morgan fingerprint density at radius 3 is 1.50 bits per heavy atom. The second-order valence-electron chi connectivity index (χ2n) is 5.27. The molecule has 3 aromatic rings. The van der Waals surface area contributed by atoms with Gasteiger partial charge in [0.2, 0.25) is 18.9 Å². The Balaban J connectivity index is 2.17. The maximum absolute atomic E-state index is 11.4. The van der Waals surface area contributed by atoms with Crippen molar-refractivity contribution < 1.29 is 14.4 Å². The van der Waals surface area contributed by atoms with Crippen molar-refractivity contribution in [1.29, 1.82) is 0 Å². The fourth-order valence-corrected chi connectivity index (χ4v) is 2.48. The molecule has 26 heavy (non-hydrogen) atoms. The molecule has 0 heterocycles. The maximum Gasteiger partial charge on any atom is 0.235 e. The molecule has 0 saturated heterocycles. The average molecular weight is 340 g/mol. The lowest BCUT2D eigenvalue weighted by Gasteiger charge is -2.26. The van der Waals surface area contributed by atoms with Crippen LogP contribution in [0.15, 0.2) is 72.8 Å². The molecule has 0 aliphatic rings. The third kappa shape index (κ3) is 3.37. The van der Waals surface area contributed by atoms with Gasteiger partial charge in [-0.05, 0) is 36.4 Å². The molecule has 0 saturated carbocycles. The molecule has 5 nitrogen and oxygen atoms in total. The number of benzene rings is 3. The Kier molecular flexibility index (Phi) is 5.19. The van der Waals surface area contributed by atoms with Crippen LogP contribution in [0, 0.1) is 0 Å². The topological polar surface area (TPSA) is 68.6 Å². The fourth-order valence-electron chi connectivity index (χ4n) is 2.48. The Morgan fingerprint density at radius 2 is 1.00 bits per heavy atom. The second kappa shape index (κ2) is 7.90. The molecule has 4 radical (unpaired) electrons. The van der Waals surface area contributed by atoms with Crippen molar-refractivity contribution in [1.82, 2.24) is 5.43 Å². The molecule has 0 spiro atoms. The molecule has 5 heteroatoms. The van der Waals surface area contributed by atoms with Crippen LogP contribution in [0.1, 0.15) is 16.7 Å². The molecule has 0 bridgehead atoms. The second-order valence-corrected chi connectivity index (χ2v) is 5.27. The molecule has 0 amide bonds. The number of nitrogens with zero attached hydrogens (tertiary/aromatic N) is 2. The van der Waals surface area contributed by atoms with E-state index in [1.54, 1.807) is 72.8 Å². The summed E-state index contributed by atoms with van der Waals surface area (Å²) in [5.41, 5.74) is 6.49. The smallest absolute Gasteiger partial charge is 0.235 e. The van der Waals surface area contributed by atoms with Crippen molar-refractivity contribution >= 4 is 35.9 Å². The monoisotopic (exact) mass is 340 g/mol. The first kappa shape index (κ1) is 17.1. The van der Waals surface area contributed by atoms with Gasteiger partial charge in [-0.3, -0.25) is 14.4 Å². The maximum atomic E-state index is 11.4. The highest BCUT2D eigenvalue weighted by atomic mass is 16.1. The van der Waals surface area contributed by atoms with Gasteiger partial charge in [-0.15, -0.1) is 0 Å². The molecule has 0 N–H and O–H groups in total. The van der Waals surface area contributed by atoms with Gasteiger partial charge >= 0.3 is 0 Å². The minimum absolute atomic E-state index is 0.262. The van der Waals surface area contributed by atoms with E-state index in [1.807, 2.05) is 18.9 Å². The van der Waals surface area contributed by atoms with Crippen molar-refractivity contribution in [2.45, 2.75) is 0 Å². The van der Waals surface area contributed by atoms with Crippen molar-refractivity contribution in [3.05, 3.63) is 89.5 Å². The summed E-state index contributed by atoms with van der Waals surface area (Å²) in [7, 11) is 0. The van der Waals surface area contributed by atoms with E-state index in [-0.39, 0.29) is 16.7 Å². The Labute approximate surface area is 150 Å². The van der Waals surface area contributed by atoms with Crippen LogP contribution in [0.2, 0.25) is 0 Å². The number of hydrogen-bond acceptors (Lipinski definition) is 4. The van der Waals surface area contributed by atoms with Crippen molar-refractivity contribution in [3.63, 3.8) is 0 Å². The summed E-state index contributed by atoms with van der Waals surface area (Å²) in [5, 5.41) is 1.43. The Morgan fingerprint density at radius 1 is 0.577 bits per heavy atom. The van der Waals surface area contributed by atoms with E-state index in [9.17, 15) is 14.4 Å². The summed E-state index contributed by atoms with van der Waals surface area (Å²) in [6, 6.07) is 20.1. The van der Waals surface area contributed by atoms with Crippen molar-refractivity contribution in [2.75, 3.05) is 5.01 Å². The number of rotatable bonds is 7. The van der Waals surface area contributed by atoms with Crippen LogP contribution in [-0.4, -0.2) is 18.9 Å². The predicted octanol–water partition coefficient (Wildman–Crippen LogP) is 3.05. The minimum Gasteiger partial charge on any atom is -0.285 e. The number of hydrogen-bond donors (Lipinski definition) is 0. The van der Waals surface area contributed by atoms with Gasteiger partial charge < -0.3 is 0 Å². The lowest BCUT2D eigenvalue weighted by atomic mass is 10.1. The molecule has 0 atom stereocenters. The summed E-state index contributed by atoms with van der Waals surface area (Å²) in [6.45, 7) is 0. The van der Waals surface area contributed by atoms with Gasteiger partial charge in [0, 0.05) is 0 Å². The third-order valence-electron chi connectivity index (χ3n) is 3.71. The molecule has 0 aromatic heterocycles. The summed E-state index contributed by atoms with van der Waals surface area (Å²) in [4.78, 5) is 33.9. The van der Waals surface area contributed by atoms with Crippen LogP contribution < -0.4 is 10.4 Å². The predicted molar refractivity (Wildman–Crippen MR) is 97.6 cm³/mol. The zero-order valence-electron chi connectivity index (χ0n) is 13.5. The van der Waals surface area contributed by atoms with Gasteiger partial charge in [-0.25, -0.2) is 5.01 Å². The summed E-state index contributed by atoms with van der Waals surface area (Å²) in [6.07, 6.45) is 5.58. The highest BCUT2D eigenvalue weighted by Gasteiger charge is 2.19. The van der Waals surface area contributed by atoms with Gasteiger partial charge in [0.15, 0.2) is 0 Å². The molecule has 3 aromatic carbocycles. The van der Waals surface area contributed by atoms with E-state index in [0.717, 1.165) is 0 Å². The van der Waals surface area contributed by atoms with Crippen molar-refractivity contribution in [3.8, 4) is 0 Å². The van der Waals surface area contributed by atoms with Gasteiger partial charge in [-0.2, -0.15) is 5.43 Å². The zero-order valence-corrected chi connectivity index (χ0v) is 13.5. The SMILES string of the molecule is O=[C]c1ccccc1[N]N(c1ccccc1[C]=O)c1ccccc1[C]=O. The first-order valence-electron chi connectivity index (χ1n) is 7.72. The summed E-state index contributed by atoms with van der Waals surface area (Å²) in [5.74, 6) is 0. The fraction of sp³-hybridized carbons (Fsp3) is 0. The Hall–Kier alpha value is -3.73. The molecular weight excluding hydrogens is 328 g/mol.